The lowest BCUT2D eigenvalue weighted by Crippen LogP contribution is -2.44. The van der Waals surface area contributed by atoms with E-state index in [1.807, 2.05) is 0 Å². The van der Waals surface area contributed by atoms with Crippen LogP contribution in [0.15, 0.2) is 52.0 Å². The molecular weight excluding hydrogens is 408 g/mol. The summed E-state index contributed by atoms with van der Waals surface area (Å²) in [6.45, 7) is 3.34. The highest BCUT2D eigenvalue weighted by Gasteiger charge is 2.24. The van der Waals surface area contributed by atoms with Crippen molar-refractivity contribution >= 4 is 26.8 Å². The molecule has 160 valence electrons. The van der Waals surface area contributed by atoms with Crippen molar-refractivity contribution < 1.29 is 26.5 Å². The zero-order valence-electron chi connectivity index (χ0n) is 17.1. The highest BCUT2D eigenvalue weighted by Crippen LogP contribution is 2.34. The molecule has 0 N–H and O–H groups in total. The Bertz CT molecular complexity index is 1130. The quantitative estimate of drug-likeness (QED) is 0.550. The van der Waals surface area contributed by atoms with Gasteiger partial charge in [0.05, 0.1) is 26.2 Å². The molecule has 1 fully saturated rings. The summed E-state index contributed by atoms with van der Waals surface area (Å²) in [6.07, 6.45) is 1.56. The van der Waals surface area contributed by atoms with E-state index in [0.717, 1.165) is 31.9 Å². The van der Waals surface area contributed by atoms with Crippen LogP contribution in [0, 0.1) is 0 Å². The predicted octanol–water partition coefficient (Wildman–Crippen LogP) is 2.97. The Labute approximate surface area is 175 Å². The fraction of sp³-hybridized carbons (Fsp3) is 0.333. The van der Waals surface area contributed by atoms with Gasteiger partial charge in [-0.15, -0.1) is 0 Å². The highest BCUT2D eigenvalue weighted by atomic mass is 32.2. The maximum absolute atomic E-state index is 13.1. The van der Waals surface area contributed by atoms with Crippen molar-refractivity contribution in [1.82, 2.24) is 4.90 Å². The zero-order valence-corrected chi connectivity index (χ0v) is 17.9. The molecule has 2 heterocycles. The van der Waals surface area contributed by atoms with Crippen LogP contribution in [-0.2, 0) is 10.1 Å². The predicted molar refractivity (Wildman–Crippen MR) is 113 cm³/mol. The van der Waals surface area contributed by atoms with Crippen molar-refractivity contribution in [2.75, 3.05) is 52.3 Å². The number of nitrogens with zero attached hydrogens (tertiary/aromatic N) is 2. The van der Waals surface area contributed by atoms with Gasteiger partial charge in [0.25, 0.3) is 0 Å². The van der Waals surface area contributed by atoms with Gasteiger partial charge in [-0.25, -0.2) is 0 Å². The minimum Gasteiger partial charge on any atom is -0.496 e. The van der Waals surface area contributed by atoms with Crippen LogP contribution in [0.5, 0.6) is 17.2 Å². The van der Waals surface area contributed by atoms with E-state index in [1.54, 1.807) is 30.5 Å². The van der Waals surface area contributed by atoms with Gasteiger partial charge in [-0.05, 0) is 25.2 Å². The second kappa shape index (κ2) is 8.08. The van der Waals surface area contributed by atoms with Gasteiger partial charge in [0.1, 0.15) is 22.1 Å². The fourth-order valence-corrected chi connectivity index (χ4v) is 4.44. The molecule has 0 radical (unpaired) electrons. The van der Waals surface area contributed by atoms with Gasteiger partial charge < -0.3 is 27.9 Å². The molecule has 9 heteroatoms. The SMILES string of the molecule is COc1cc(OC)cc(OS(=O)(=O)c2cc(N3CCN(C)CC3)c3occc3c2)c1. The Morgan fingerprint density at radius 1 is 0.900 bits per heavy atom. The Kier molecular flexibility index (Phi) is 5.48. The first-order chi connectivity index (χ1) is 14.4. The molecule has 1 aliphatic rings. The number of methoxy groups -OCH3 is 2. The lowest BCUT2D eigenvalue weighted by atomic mass is 10.2. The number of anilines is 1. The molecule has 2 aromatic carbocycles. The Morgan fingerprint density at radius 3 is 2.17 bits per heavy atom. The van der Waals surface area contributed by atoms with Crippen molar-refractivity contribution in [3.8, 4) is 17.2 Å². The Balaban J connectivity index is 1.72. The molecule has 8 nitrogen and oxygen atoms in total. The van der Waals surface area contributed by atoms with Gasteiger partial charge in [-0.2, -0.15) is 8.42 Å². The third-order valence-corrected chi connectivity index (χ3v) is 6.39. The van der Waals surface area contributed by atoms with E-state index in [1.165, 1.54) is 26.4 Å². The smallest absolute Gasteiger partial charge is 0.339 e. The summed E-state index contributed by atoms with van der Waals surface area (Å²) in [5, 5.41) is 0.705. The molecule has 0 saturated carbocycles. The summed E-state index contributed by atoms with van der Waals surface area (Å²) < 4.78 is 47.6. The van der Waals surface area contributed by atoms with E-state index in [4.69, 9.17) is 18.1 Å². The fourth-order valence-electron chi connectivity index (χ4n) is 3.47. The van der Waals surface area contributed by atoms with Crippen LogP contribution in [0.1, 0.15) is 0 Å². The van der Waals surface area contributed by atoms with Crippen molar-refractivity contribution in [2.24, 2.45) is 0 Å². The number of rotatable bonds is 6. The number of fused-ring (bicyclic) bond motifs is 1. The standard InChI is InChI=1S/C21H24N2O6S/c1-22-5-7-23(8-6-22)20-14-19(10-15-4-9-28-21(15)20)30(24,25)29-18-12-16(26-2)11-17(13-18)27-3/h4,9-14H,5-8H2,1-3H3. The molecule has 0 spiro atoms. The lowest BCUT2D eigenvalue weighted by Gasteiger charge is -2.34. The second-order valence-electron chi connectivity index (χ2n) is 7.16. The molecule has 1 aliphatic heterocycles. The number of furan rings is 1. The monoisotopic (exact) mass is 432 g/mol. The molecular formula is C21H24N2O6S. The summed E-state index contributed by atoms with van der Waals surface area (Å²) in [5.74, 6) is 0.977. The molecule has 1 saturated heterocycles. The summed E-state index contributed by atoms with van der Waals surface area (Å²) in [4.78, 5) is 4.43. The third kappa shape index (κ3) is 4.03. The van der Waals surface area contributed by atoms with Gasteiger partial charge >= 0.3 is 10.1 Å². The van der Waals surface area contributed by atoms with Crippen LogP contribution < -0.4 is 18.6 Å². The van der Waals surface area contributed by atoms with Crippen LogP contribution in [0.2, 0.25) is 0 Å². The van der Waals surface area contributed by atoms with Gasteiger partial charge in [-0.1, -0.05) is 0 Å². The number of benzene rings is 2. The Hall–Kier alpha value is -2.91. The van der Waals surface area contributed by atoms with Gasteiger partial charge in [-0.3, -0.25) is 0 Å². The molecule has 3 aromatic rings. The van der Waals surface area contributed by atoms with Crippen molar-refractivity contribution in [3.05, 3.63) is 42.7 Å². The first-order valence-electron chi connectivity index (χ1n) is 9.52. The molecule has 30 heavy (non-hydrogen) atoms. The van der Waals surface area contributed by atoms with Gasteiger partial charge in [0, 0.05) is 49.8 Å². The van der Waals surface area contributed by atoms with Gasteiger partial charge in [0.2, 0.25) is 0 Å². The topological polar surface area (TPSA) is 81.5 Å². The zero-order chi connectivity index (χ0) is 21.3. The molecule has 0 aliphatic carbocycles. The van der Waals surface area contributed by atoms with E-state index in [2.05, 4.69) is 16.8 Å². The highest BCUT2D eigenvalue weighted by molar-refractivity contribution is 7.87. The number of hydrogen-bond acceptors (Lipinski definition) is 8. The van der Waals surface area contributed by atoms with Crippen LogP contribution in [-0.4, -0.2) is 60.8 Å². The number of ether oxygens (including phenoxy) is 2. The van der Waals surface area contributed by atoms with E-state index < -0.39 is 10.1 Å². The first kappa shape index (κ1) is 20.4. The van der Waals surface area contributed by atoms with Crippen molar-refractivity contribution in [1.29, 1.82) is 0 Å². The number of hydrogen-bond donors (Lipinski definition) is 0. The van der Waals surface area contributed by atoms with Crippen LogP contribution in [0.4, 0.5) is 5.69 Å². The van der Waals surface area contributed by atoms with E-state index in [-0.39, 0.29) is 10.6 Å². The molecule has 0 bridgehead atoms. The van der Waals surface area contributed by atoms with Crippen molar-refractivity contribution in [2.45, 2.75) is 4.90 Å². The number of piperazine rings is 1. The normalized spacial score (nSPS) is 15.4. The average Bonchev–Trinajstić information content (AvgIpc) is 3.22. The summed E-state index contributed by atoms with van der Waals surface area (Å²) in [6, 6.07) is 9.57. The largest absolute Gasteiger partial charge is 0.496 e. The first-order valence-corrected chi connectivity index (χ1v) is 10.9. The van der Waals surface area contributed by atoms with Crippen molar-refractivity contribution in [3.63, 3.8) is 0 Å². The Morgan fingerprint density at radius 2 is 1.53 bits per heavy atom. The summed E-state index contributed by atoms with van der Waals surface area (Å²) in [5.41, 5.74) is 1.41. The molecule has 0 unspecified atom stereocenters. The van der Waals surface area contributed by atoms with Gasteiger partial charge in [0.15, 0.2) is 5.58 Å². The lowest BCUT2D eigenvalue weighted by molar-refractivity contribution is 0.312. The minimum atomic E-state index is -4.09. The third-order valence-electron chi connectivity index (χ3n) is 5.17. The van der Waals surface area contributed by atoms with Crippen LogP contribution >= 0.6 is 0 Å². The van der Waals surface area contributed by atoms with Crippen LogP contribution in [0.3, 0.4) is 0 Å². The second-order valence-corrected chi connectivity index (χ2v) is 8.70. The van der Waals surface area contributed by atoms with Crippen LogP contribution in [0.25, 0.3) is 11.0 Å². The number of likely N-dealkylation sites (N-methyl/N-ethyl adjacent to an activating group) is 1. The van der Waals surface area contributed by atoms with E-state index in [0.29, 0.717) is 22.5 Å². The molecule has 4 rings (SSSR count). The summed E-state index contributed by atoms with van der Waals surface area (Å²) >= 11 is 0. The maximum Gasteiger partial charge on any atom is 0.339 e. The van der Waals surface area contributed by atoms with E-state index >= 15 is 0 Å². The van der Waals surface area contributed by atoms with E-state index in [9.17, 15) is 8.42 Å². The molecule has 1 aromatic heterocycles. The minimum absolute atomic E-state index is 0.0621. The molecule has 0 atom stereocenters. The molecule has 0 amide bonds. The summed E-state index contributed by atoms with van der Waals surface area (Å²) in [7, 11) is 0.949. The maximum atomic E-state index is 13.1. The average molecular weight is 432 g/mol.